The molecule has 2 atom stereocenters. The summed E-state index contributed by atoms with van der Waals surface area (Å²) in [5.74, 6) is 2.21. The first-order chi connectivity index (χ1) is 10.2. The monoisotopic (exact) mass is 279 g/mol. The Bertz CT molecular complexity index is 676. The van der Waals surface area contributed by atoms with E-state index in [2.05, 4.69) is 30.2 Å². The van der Waals surface area contributed by atoms with E-state index in [1.54, 1.807) is 0 Å². The molecule has 21 heavy (non-hydrogen) atoms. The molecule has 2 unspecified atom stereocenters. The van der Waals surface area contributed by atoms with E-state index in [1.807, 2.05) is 30.3 Å². The van der Waals surface area contributed by atoms with Gasteiger partial charge in [0.05, 0.1) is 11.1 Å². The summed E-state index contributed by atoms with van der Waals surface area (Å²) in [5, 5.41) is 13.9. The van der Waals surface area contributed by atoms with Crippen molar-refractivity contribution in [1.82, 2.24) is 4.98 Å². The maximum atomic E-state index is 9.38. The predicted molar refractivity (Wildman–Crippen MR) is 86.0 cm³/mol. The van der Waals surface area contributed by atoms with Gasteiger partial charge in [0.2, 0.25) is 0 Å². The van der Waals surface area contributed by atoms with E-state index in [1.165, 1.54) is 6.42 Å². The van der Waals surface area contributed by atoms with Gasteiger partial charge >= 0.3 is 0 Å². The van der Waals surface area contributed by atoms with Gasteiger partial charge in [-0.05, 0) is 43.2 Å². The van der Waals surface area contributed by atoms with E-state index >= 15 is 0 Å². The molecule has 1 aliphatic carbocycles. The van der Waals surface area contributed by atoms with Crippen LogP contribution in [0.15, 0.2) is 30.3 Å². The molecule has 1 aliphatic rings. The lowest BCUT2D eigenvalue weighted by Gasteiger charge is -2.32. The van der Waals surface area contributed by atoms with Crippen LogP contribution in [0, 0.1) is 23.2 Å². The Morgan fingerprint density at radius 2 is 1.86 bits per heavy atom. The molecular formula is C18H21N3. The number of pyridine rings is 1. The van der Waals surface area contributed by atoms with Gasteiger partial charge in [-0.25, -0.2) is 4.98 Å². The number of nitrogens with one attached hydrogen (secondary N) is 1. The molecule has 0 aliphatic heterocycles. The van der Waals surface area contributed by atoms with Crippen molar-refractivity contribution in [3.05, 3.63) is 35.9 Å². The second kappa shape index (κ2) is 5.73. The van der Waals surface area contributed by atoms with Crippen LogP contribution < -0.4 is 5.32 Å². The lowest BCUT2D eigenvalue weighted by molar-refractivity contribution is 0.280. The summed E-state index contributed by atoms with van der Waals surface area (Å²) in [6, 6.07) is 12.6. The number of nitriles is 1. The van der Waals surface area contributed by atoms with E-state index in [9.17, 15) is 5.26 Å². The summed E-state index contributed by atoms with van der Waals surface area (Å²) in [7, 11) is 0. The molecule has 0 radical (unpaired) electrons. The molecule has 2 aromatic rings. The van der Waals surface area contributed by atoms with Crippen LogP contribution in [-0.2, 0) is 0 Å². The van der Waals surface area contributed by atoms with Crippen molar-refractivity contribution >= 4 is 16.7 Å². The van der Waals surface area contributed by atoms with Crippen LogP contribution in [0.25, 0.3) is 10.9 Å². The molecule has 3 heteroatoms. The summed E-state index contributed by atoms with van der Waals surface area (Å²) in [6.07, 6.45) is 3.61. The van der Waals surface area contributed by atoms with Crippen molar-refractivity contribution in [3.8, 4) is 6.07 Å². The number of hydrogen-bond donors (Lipinski definition) is 1. The number of benzene rings is 1. The van der Waals surface area contributed by atoms with Crippen molar-refractivity contribution in [2.45, 2.75) is 39.2 Å². The van der Waals surface area contributed by atoms with Crippen molar-refractivity contribution in [2.24, 2.45) is 11.8 Å². The highest BCUT2D eigenvalue weighted by molar-refractivity contribution is 5.82. The quantitative estimate of drug-likeness (QED) is 0.889. The van der Waals surface area contributed by atoms with E-state index < -0.39 is 0 Å². The lowest BCUT2D eigenvalue weighted by atomic mass is 9.80. The zero-order valence-corrected chi connectivity index (χ0v) is 12.6. The third-order valence-corrected chi connectivity index (χ3v) is 4.36. The van der Waals surface area contributed by atoms with Crippen LogP contribution in [0.5, 0.6) is 0 Å². The van der Waals surface area contributed by atoms with Crippen LogP contribution >= 0.6 is 0 Å². The number of rotatable bonds is 2. The zero-order chi connectivity index (χ0) is 14.8. The maximum Gasteiger partial charge on any atom is 0.144 e. The van der Waals surface area contributed by atoms with Gasteiger partial charge in [0.1, 0.15) is 11.9 Å². The maximum absolute atomic E-state index is 9.38. The molecule has 3 rings (SSSR count). The Morgan fingerprint density at radius 3 is 2.57 bits per heavy atom. The van der Waals surface area contributed by atoms with Crippen LogP contribution in [0.1, 0.15) is 38.7 Å². The topological polar surface area (TPSA) is 48.7 Å². The van der Waals surface area contributed by atoms with E-state index in [0.29, 0.717) is 11.6 Å². The van der Waals surface area contributed by atoms with Gasteiger partial charge in [0, 0.05) is 11.4 Å². The van der Waals surface area contributed by atoms with Gasteiger partial charge in [-0.1, -0.05) is 32.0 Å². The number of para-hydroxylation sites is 1. The zero-order valence-electron chi connectivity index (χ0n) is 12.6. The Labute approximate surface area is 126 Å². The van der Waals surface area contributed by atoms with Gasteiger partial charge in [0.15, 0.2) is 0 Å². The lowest BCUT2D eigenvalue weighted by Crippen LogP contribution is -2.30. The molecule has 0 saturated heterocycles. The van der Waals surface area contributed by atoms with Gasteiger partial charge in [-0.15, -0.1) is 0 Å². The van der Waals surface area contributed by atoms with Crippen molar-refractivity contribution in [2.75, 3.05) is 5.32 Å². The second-order valence-electron chi connectivity index (χ2n) is 6.45. The van der Waals surface area contributed by atoms with Gasteiger partial charge in [-0.2, -0.15) is 5.26 Å². The smallest absolute Gasteiger partial charge is 0.144 e. The summed E-state index contributed by atoms with van der Waals surface area (Å²) in [6.45, 7) is 4.62. The summed E-state index contributed by atoms with van der Waals surface area (Å²) < 4.78 is 0. The number of aromatic nitrogens is 1. The van der Waals surface area contributed by atoms with E-state index in [-0.39, 0.29) is 0 Å². The first-order valence-electron chi connectivity index (χ1n) is 7.72. The summed E-state index contributed by atoms with van der Waals surface area (Å²) in [5.41, 5.74) is 1.58. The molecule has 0 bridgehead atoms. The molecule has 0 spiro atoms. The van der Waals surface area contributed by atoms with Gasteiger partial charge in [0.25, 0.3) is 0 Å². The molecule has 3 nitrogen and oxygen atoms in total. The molecule has 1 aromatic carbocycles. The van der Waals surface area contributed by atoms with Gasteiger partial charge < -0.3 is 5.32 Å². The Morgan fingerprint density at radius 1 is 1.14 bits per heavy atom. The normalized spacial score (nSPS) is 25.5. The average molecular weight is 279 g/mol. The van der Waals surface area contributed by atoms with Gasteiger partial charge in [-0.3, -0.25) is 0 Å². The number of nitrogens with zero attached hydrogens (tertiary/aromatic N) is 2. The predicted octanol–water partition coefficient (Wildman–Crippen LogP) is 4.34. The largest absolute Gasteiger partial charge is 0.366 e. The minimum atomic E-state index is 0.421. The average Bonchev–Trinajstić information content (AvgIpc) is 2.45. The Hall–Kier alpha value is -2.08. The molecule has 1 saturated carbocycles. The first kappa shape index (κ1) is 13.9. The molecule has 0 amide bonds. The SMILES string of the molecule is CC1CC(C)CC(Nc2nc3ccccc3cc2C#N)C1. The standard InChI is InChI=1S/C18H21N3/c1-12-7-13(2)9-16(8-12)20-18-15(11-19)10-14-5-3-4-6-17(14)21-18/h3-6,10,12-13,16H,7-9H2,1-2H3,(H,20,21). The molecule has 1 heterocycles. The van der Waals surface area contributed by atoms with E-state index in [0.717, 1.165) is 41.4 Å². The molecule has 108 valence electrons. The minimum absolute atomic E-state index is 0.421. The summed E-state index contributed by atoms with van der Waals surface area (Å²) >= 11 is 0. The van der Waals surface area contributed by atoms with E-state index in [4.69, 9.17) is 0 Å². The Balaban J connectivity index is 1.90. The molecule has 1 fully saturated rings. The van der Waals surface area contributed by atoms with Crippen LogP contribution in [0.3, 0.4) is 0 Å². The minimum Gasteiger partial charge on any atom is -0.366 e. The Kier molecular flexibility index (Phi) is 3.79. The van der Waals surface area contributed by atoms with Crippen LogP contribution in [-0.4, -0.2) is 11.0 Å². The number of hydrogen-bond acceptors (Lipinski definition) is 3. The second-order valence-corrected chi connectivity index (χ2v) is 6.45. The third-order valence-electron chi connectivity index (χ3n) is 4.36. The first-order valence-corrected chi connectivity index (χ1v) is 7.72. The van der Waals surface area contributed by atoms with Crippen LogP contribution in [0.2, 0.25) is 0 Å². The third kappa shape index (κ3) is 3.00. The van der Waals surface area contributed by atoms with Crippen molar-refractivity contribution < 1.29 is 0 Å². The summed E-state index contributed by atoms with van der Waals surface area (Å²) in [4.78, 5) is 4.66. The fourth-order valence-corrected chi connectivity index (χ4v) is 3.57. The highest BCUT2D eigenvalue weighted by Crippen LogP contribution is 2.31. The van der Waals surface area contributed by atoms with Crippen molar-refractivity contribution in [3.63, 3.8) is 0 Å². The highest BCUT2D eigenvalue weighted by Gasteiger charge is 2.24. The van der Waals surface area contributed by atoms with Crippen LogP contribution in [0.4, 0.5) is 5.82 Å². The molecule has 1 N–H and O–H groups in total. The number of fused-ring (bicyclic) bond motifs is 1. The fraction of sp³-hybridized carbons (Fsp3) is 0.444. The number of anilines is 1. The fourth-order valence-electron chi connectivity index (χ4n) is 3.57. The molecular weight excluding hydrogens is 258 g/mol. The van der Waals surface area contributed by atoms with Crippen molar-refractivity contribution in [1.29, 1.82) is 5.26 Å². The highest BCUT2D eigenvalue weighted by atomic mass is 15.0. The molecule has 1 aromatic heterocycles.